The standard InChI is InChI=1S/C17H19NO2/c1-3-19-14-7-5-13(6-8-14)16-11-20-17-9-4-12(2)10-15(17)18-16/h4-10,16,18H,3,11H2,1-2H3. The van der Waals surface area contributed by atoms with E-state index in [1.54, 1.807) is 0 Å². The van der Waals surface area contributed by atoms with Gasteiger partial charge in [-0.1, -0.05) is 18.2 Å². The highest BCUT2D eigenvalue weighted by atomic mass is 16.5. The van der Waals surface area contributed by atoms with Gasteiger partial charge in [0.2, 0.25) is 0 Å². The lowest BCUT2D eigenvalue weighted by atomic mass is 10.0. The van der Waals surface area contributed by atoms with E-state index in [1.165, 1.54) is 11.1 Å². The summed E-state index contributed by atoms with van der Waals surface area (Å²) in [7, 11) is 0. The van der Waals surface area contributed by atoms with Crippen LogP contribution in [0.1, 0.15) is 24.1 Å². The van der Waals surface area contributed by atoms with Crippen molar-refractivity contribution in [1.82, 2.24) is 0 Å². The molecule has 1 aliphatic rings. The van der Waals surface area contributed by atoms with Crippen LogP contribution in [-0.2, 0) is 0 Å². The van der Waals surface area contributed by atoms with Gasteiger partial charge in [-0.05, 0) is 49.2 Å². The van der Waals surface area contributed by atoms with Gasteiger partial charge in [-0.25, -0.2) is 0 Å². The maximum atomic E-state index is 5.83. The normalized spacial score (nSPS) is 16.8. The number of nitrogens with one attached hydrogen (secondary N) is 1. The van der Waals surface area contributed by atoms with Crippen molar-refractivity contribution in [2.75, 3.05) is 18.5 Å². The summed E-state index contributed by atoms with van der Waals surface area (Å²) < 4.78 is 11.3. The molecule has 0 radical (unpaired) electrons. The van der Waals surface area contributed by atoms with Gasteiger partial charge >= 0.3 is 0 Å². The molecule has 3 rings (SSSR count). The summed E-state index contributed by atoms with van der Waals surface area (Å²) in [6.45, 7) is 5.41. The molecule has 0 saturated carbocycles. The van der Waals surface area contributed by atoms with Gasteiger partial charge in [-0.3, -0.25) is 0 Å². The summed E-state index contributed by atoms with van der Waals surface area (Å²) in [4.78, 5) is 0. The Morgan fingerprint density at radius 3 is 2.75 bits per heavy atom. The van der Waals surface area contributed by atoms with Crippen LogP contribution in [0.15, 0.2) is 42.5 Å². The highest BCUT2D eigenvalue weighted by Gasteiger charge is 2.20. The number of ether oxygens (including phenoxy) is 2. The predicted octanol–water partition coefficient (Wildman–Crippen LogP) is 3.94. The summed E-state index contributed by atoms with van der Waals surface area (Å²) in [5.41, 5.74) is 3.50. The highest BCUT2D eigenvalue weighted by Crippen LogP contribution is 2.34. The van der Waals surface area contributed by atoms with Crippen molar-refractivity contribution >= 4 is 5.69 Å². The number of hydrogen-bond acceptors (Lipinski definition) is 3. The number of benzene rings is 2. The maximum absolute atomic E-state index is 5.83. The zero-order valence-corrected chi connectivity index (χ0v) is 11.8. The third kappa shape index (κ3) is 2.57. The Balaban J connectivity index is 1.79. The van der Waals surface area contributed by atoms with E-state index in [0.29, 0.717) is 13.2 Å². The van der Waals surface area contributed by atoms with Crippen LogP contribution in [-0.4, -0.2) is 13.2 Å². The summed E-state index contributed by atoms with van der Waals surface area (Å²) >= 11 is 0. The molecule has 1 unspecified atom stereocenters. The monoisotopic (exact) mass is 269 g/mol. The van der Waals surface area contributed by atoms with E-state index >= 15 is 0 Å². The number of hydrogen-bond donors (Lipinski definition) is 1. The fourth-order valence-corrected chi connectivity index (χ4v) is 2.43. The van der Waals surface area contributed by atoms with Crippen molar-refractivity contribution in [1.29, 1.82) is 0 Å². The minimum atomic E-state index is 0.181. The third-order valence-corrected chi connectivity index (χ3v) is 3.46. The third-order valence-electron chi connectivity index (χ3n) is 3.46. The van der Waals surface area contributed by atoms with Crippen LogP contribution >= 0.6 is 0 Å². The summed E-state index contributed by atoms with van der Waals surface area (Å²) in [6, 6.07) is 14.6. The van der Waals surface area contributed by atoms with Gasteiger partial charge in [0.05, 0.1) is 18.3 Å². The van der Waals surface area contributed by atoms with Crippen LogP contribution in [0.2, 0.25) is 0 Å². The Morgan fingerprint density at radius 2 is 2.00 bits per heavy atom. The molecule has 1 heterocycles. The number of fused-ring (bicyclic) bond motifs is 1. The summed E-state index contributed by atoms with van der Waals surface area (Å²) in [5, 5.41) is 3.54. The SMILES string of the molecule is CCOc1ccc(C2COc3ccc(C)cc3N2)cc1. The van der Waals surface area contributed by atoms with E-state index in [2.05, 4.69) is 36.5 Å². The van der Waals surface area contributed by atoms with Crippen molar-refractivity contribution in [3.8, 4) is 11.5 Å². The molecule has 0 aromatic heterocycles. The molecule has 20 heavy (non-hydrogen) atoms. The van der Waals surface area contributed by atoms with E-state index in [-0.39, 0.29) is 6.04 Å². The molecule has 3 nitrogen and oxygen atoms in total. The molecule has 0 aliphatic carbocycles. The predicted molar refractivity (Wildman–Crippen MR) is 80.6 cm³/mol. The van der Waals surface area contributed by atoms with Crippen LogP contribution in [0.25, 0.3) is 0 Å². The average molecular weight is 269 g/mol. The van der Waals surface area contributed by atoms with Crippen molar-refractivity contribution in [3.63, 3.8) is 0 Å². The van der Waals surface area contributed by atoms with Crippen molar-refractivity contribution in [2.24, 2.45) is 0 Å². The zero-order chi connectivity index (χ0) is 13.9. The second-order valence-electron chi connectivity index (χ2n) is 5.01. The number of rotatable bonds is 3. The second kappa shape index (κ2) is 5.45. The molecule has 1 N–H and O–H groups in total. The Kier molecular flexibility index (Phi) is 3.50. The Hall–Kier alpha value is -2.16. The van der Waals surface area contributed by atoms with Crippen LogP contribution < -0.4 is 14.8 Å². The van der Waals surface area contributed by atoms with E-state index < -0.39 is 0 Å². The summed E-state index contributed by atoms with van der Waals surface area (Å²) in [6.07, 6.45) is 0. The first-order valence-corrected chi connectivity index (χ1v) is 6.99. The van der Waals surface area contributed by atoms with Crippen molar-refractivity contribution in [2.45, 2.75) is 19.9 Å². The Labute approximate surface area is 119 Å². The van der Waals surface area contributed by atoms with Crippen LogP contribution in [0, 0.1) is 6.92 Å². The highest BCUT2D eigenvalue weighted by molar-refractivity contribution is 5.60. The minimum absolute atomic E-state index is 0.181. The lowest BCUT2D eigenvalue weighted by molar-refractivity contribution is 0.286. The fourth-order valence-electron chi connectivity index (χ4n) is 2.43. The van der Waals surface area contributed by atoms with E-state index in [4.69, 9.17) is 9.47 Å². The minimum Gasteiger partial charge on any atom is -0.494 e. The molecule has 0 amide bonds. The van der Waals surface area contributed by atoms with Crippen molar-refractivity contribution in [3.05, 3.63) is 53.6 Å². The van der Waals surface area contributed by atoms with Gasteiger partial charge in [0.1, 0.15) is 18.1 Å². The molecular formula is C17H19NO2. The molecule has 1 aliphatic heterocycles. The second-order valence-corrected chi connectivity index (χ2v) is 5.01. The molecule has 0 bridgehead atoms. The molecule has 2 aromatic rings. The van der Waals surface area contributed by atoms with Gasteiger partial charge in [-0.15, -0.1) is 0 Å². The van der Waals surface area contributed by atoms with Gasteiger partial charge in [0.15, 0.2) is 0 Å². The number of aryl methyl sites for hydroxylation is 1. The smallest absolute Gasteiger partial charge is 0.142 e. The van der Waals surface area contributed by atoms with Gasteiger partial charge in [0, 0.05) is 0 Å². The first-order chi connectivity index (χ1) is 9.76. The lowest BCUT2D eigenvalue weighted by Gasteiger charge is -2.28. The largest absolute Gasteiger partial charge is 0.494 e. The topological polar surface area (TPSA) is 30.5 Å². The van der Waals surface area contributed by atoms with E-state index in [9.17, 15) is 0 Å². The fraction of sp³-hybridized carbons (Fsp3) is 0.294. The molecule has 0 fully saturated rings. The van der Waals surface area contributed by atoms with E-state index in [0.717, 1.165) is 17.2 Å². The van der Waals surface area contributed by atoms with Crippen LogP contribution in [0.3, 0.4) is 0 Å². The summed E-state index contributed by atoms with van der Waals surface area (Å²) in [5.74, 6) is 1.84. The van der Waals surface area contributed by atoms with Gasteiger partial charge in [-0.2, -0.15) is 0 Å². The van der Waals surface area contributed by atoms with Crippen LogP contribution in [0.4, 0.5) is 5.69 Å². The molecule has 104 valence electrons. The van der Waals surface area contributed by atoms with Crippen LogP contribution in [0.5, 0.6) is 11.5 Å². The quantitative estimate of drug-likeness (QED) is 0.915. The first-order valence-electron chi connectivity index (χ1n) is 6.99. The average Bonchev–Trinajstić information content (AvgIpc) is 2.47. The maximum Gasteiger partial charge on any atom is 0.142 e. The van der Waals surface area contributed by atoms with E-state index in [1.807, 2.05) is 25.1 Å². The molecule has 2 aromatic carbocycles. The van der Waals surface area contributed by atoms with Crippen molar-refractivity contribution < 1.29 is 9.47 Å². The zero-order valence-electron chi connectivity index (χ0n) is 11.8. The number of anilines is 1. The Morgan fingerprint density at radius 1 is 1.20 bits per heavy atom. The molecule has 1 atom stereocenters. The Bertz CT molecular complexity index is 592. The molecule has 3 heteroatoms. The van der Waals surface area contributed by atoms with Gasteiger partial charge < -0.3 is 14.8 Å². The first kappa shape index (κ1) is 12.9. The lowest BCUT2D eigenvalue weighted by Crippen LogP contribution is -2.23. The molecule has 0 saturated heterocycles. The molecule has 0 spiro atoms. The molecular weight excluding hydrogens is 250 g/mol. The van der Waals surface area contributed by atoms with Gasteiger partial charge in [0.25, 0.3) is 0 Å².